The Morgan fingerprint density at radius 1 is 0.969 bits per heavy atom. The first kappa shape index (κ1) is 21.6. The number of anilines is 2. The van der Waals surface area contributed by atoms with Crippen LogP contribution in [0.15, 0.2) is 85.2 Å². The third-order valence-corrected chi connectivity index (χ3v) is 5.14. The molecule has 8 heteroatoms. The number of nitrogens with zero attached hydrogens (tertiary/aromatic N) is 1. The number of aromatic nitrogens is 1. The van der Waals surface area contributed by atoms with Crippen molar-refractivity contribution in [3.05, 3.63) is 101 Å². The SMILES string of the molecule is O=C(Nc1cccc2cnccc12)C(Nc1cccc(Cl)c1)c1ccc(C(F)(F)F)cc1. The molecule has 1 heterocycles. The second-order valence-electron chi connectivity index (χ2n) is 7.10. The quantitative estimate of drug-likeness (QED) is 0.352. The average Bonchev–Trinajstić information content (AvgIpc) is 2.77. The Kier molecular flexibility index (Phi) is 6.01. The fraction of sp³-hybridized carbons (Fsp3) is 0.0833. The maximum atomic E-state index is 13.3. The van der Waals surface area contributed by atoms with Gasteiger partial charge in [0.2, 0.25) is 0 Å². The Balaban J connectivity index is 1.68. The minimum absolute atomic E-state index is 0.373. The number of hydrogen-bond acceptors (Lipinski definition) is 3. The minimum atomic E-state index is -4.46. The lowest BCUT2D eigenvalue weighted by Gasteiger charge is -2.21. The molecule has 1 atom stereocenters. The fourth-order valence-corrected chi connectivity index (χ4v) is 3.54. The molecule has 0 saturated heterocycles. The zero-order valence-corrected chi connectivity index (χ0v) is 17.3. The summed E-state index contributed by atoms with van der Waals surface area (Å²) in [5.74, 6) is -0.436. The van der Waals surface area contributed by atoms with Crippen molar-refractivity contribution in [2.75, 3.05) is 10.6 Å². The number of fused-ring (bicyclic) bond motifs is 1. The van der Waals surface area contributed by atoms with E-state index in [1.165, 1.54) is 12.1 Å². The summed E-state index contributed by atoms with van der Waals surface area (Å²) in [7, 11) is 0. The monoisotopic (exact) mass is 455 g/mol. The van der Waals surface area contributed by atoms with Crippen molar-refractivity contribution >= 4 is 39.7 Å². The lowest BCUT2D eigenvalue weighted by Crippen LogP contribution is -2.27. The molecular formula is C24H17ClF3N3O. The molecule has 0 aliphatic heterocycles. The Hall–Kier alpha value is -3.58. The van der Waals surface area contributed by atoms with Gasteiger partial charge in [0.05, 0.1) is 5.56 Å². The van der Waals surface area contributed by atoms with Crippen molar-refractivity contribution in [2.45, 2.75) is 12.2 Å². The van der Waals surface area contributed by atoms with Gasteiger partial charge in [-0.25, -0.2) is 0 Å². The smallest absolute Gasteiger partial charge is 0.370 e. The van der Waals surface area contributed by atoms with Crippen LogP contribution < -0.4 is 10.6 Å². The lowest BCUT2D eigenvalue weighted by atomic mass is 10.0. The van der Waals surface area contributed by atoms with Gasteiger partial charge in [-0.2, -0.15) is 13.2 Å². The second kappa shape index (κ2) is 8.88. The number of benzene rings is 3. The van der Waals surface area contributed by atoms with Gasteiger partial charge in [0.15, 0.2) is 0 Å². The third-order valence-electron chi connectivity index (χ3n) is 4.91. The number of carbonyl (C=O) groups excluding carboxylic acids is 1. The summed E-state index contributed by atoms with van der Waals surface area (Å²) in [5.41, 5.74) is 0.710. The number of amides is 1. The molecule has 1 aromatic heterocycles. The number of nitrogens with one attached hydrogen (secondary N) is 2. The van der Waals surface area contributed by atoms with Crippen LogP contribution in [0.5, 0.6) is 0 Å². The molecule has 3 aromatic carbocycles. The van der Waals surface area contributed by atoms with Crippen LogP contribution in [0.3, 0.4) is 0 Å². The molecule has 0 radical (unpaired) electrons. The maximum Gasteiger partial charge on any atom is 0.416 e. The molecule has 1 unspecified atom stereocenters. The van der Waals surface area contributed by atoms with Gasteiger partial charge in [0.1, 0.15) is 6.04 Å². The van der Waals surface area contributed by atoms with Crippen LogP contribution >= 0.6 is 11.6 Å². The molecule has 0 spiro atoms. The van der Waals surface area contributed by atoms with Crippen LogP contribution in [-0.4, -0.2) is 10.9 Å². The van der Waals surface area contributed by atoms with Crippen LogP contribution in [0.1, 0.15) is 17.2 Å². The molecule has 0 aliphatic rings. The van der Waals surface area contributed by atoms with Crippen LogP contribution in [0, 0.1) is 0 Å². The molecule has 0 fully saturated rings. The van der Waals surface area contributed by atoms with Gasteiger partial charge in [-0.05, 0) is 48.0 Å². The summed E-state index contributed by atoms with van der Waals surface area (Å²) in [6, 6.07) is 17.5. The summed E-state index contributed by atoms with van der Waals surface area (Å²) in [4.78, 5) is 17.4. The minimum Gasteiger partial charge on any atom is -0.370 e. The largest absolute Gasteiger partial charge is 0.416 e. The van der Waals surface area contributed by atoms with Crippen molar-refractivity contribution < 1.29 is 18.0 Å². The van der Waals surface area contributed by atoms with E-state index in [1.54, 1.807) is 54.9 Å². The normalized spacial score (nSPS) is 12.4. The number of rotatable bonds is 5. The molecule has 32 heavy (non-hydrogen) atoms. The molecule has 2 N–H and O–H groups in total. The Labute approximate surface area is 187 Å². The van der Waals surface area contributed by atoms with E-state index in [-0.39, 0.29) is 0 Å². The Morgan fingerprint density at radius 3 is 2.44 bits per heavy atom. The molecule has 0 bridgehead atoms. The zero-order valence-electron chi connectivity index (χ0n) is 16.5. The predicted molar refractivity (Wildman–Crippen MR) is 120 cm³/mol. The summed E-state index contributed by atoms with van der Waals surface area (Å²) in [6.45, 7) is 0. The van der Waals surface area contributed by atoms with Crippen LogP contribution in [-0.2, 0) is 11.0 Å². The van der Waals surface area contributed by atoms with E-state index in [1.807, 2.05) is 6.07 Å². The first-order valence-corrected chi connectivity index (χ1v) is 10.0. The van der Waals surface area contributed by atoms with Gasteiger partial charge in [0, 0.05) is 39.6 Å². The first-order valence-electron chi connectivity index (χ1n) is 9.64. The lowest BCUT2D eigenvalue weighted by molar-refractivity contribution is -0.137. The molecular weight excluding hydrogens is 439 g/mol. The average molecular weight is 456 g/mol. The standard InChI is InChI=1S/C24H17ClF3N3O/c25-18-4-2-5-19(13-18)30-22(15-7-9-17(10-8-15)24(26,27)28)23(32)31-21-6-1-3-16-14-29-12-11-20(16)21/h1-14,22,30H,(H,31,32). The predicted octanol–water partition coefficient (Wildman–Crippen LogP) is 6.70. The van der Waals surface area contributed by atoms with E-state index >= 15 is 0 Å². The highest BCUT2D eigenvalue weighted by atomic mass is 35.5. The van der Waals surface area contributed by atoms with E-state index in [0.29, 0.717) is 22.0 Å². The highest BCUT2D eigenvalue weighted by Gasteiger charge is 2.31. The van der Waals surface area contributed by atoms with Gasteiger partial charge >= 0.3 is 6.18 Å². The number of halogens is 4. The molecule has 0 aliphatic carbocycles. The van der Waals surface area contributed by atoms with Crippen LogP contribution in [0.4, 0.5) is 24.5 Å². The maximum absolute atomic E-state index is 13.3. The summed E-state index contributed by atoms with van der Waals surface area (Å²) >= 11 is 6.05. The van der Waals surface area contributed by atoms with Crippen molar-refractivity contribution in [1.82, 2.24) is 4.98 Å². The van der Waals surface area contributed by atoms with E-state index < -0.39 is 23.7 Å². The Morgan fingerprint density at radius 2 is 1.72 bits per heavy atom. The van der Waals surface area contributed by atoms with Gasteiger partial charge < -0.3 is 10.6 Å². The summed E-state index contributed by atoms with van der Waals surface area (Å²) in [6.07, 6.45) is -1.16. The summed E-state index contributed by atoms with van der Waals surface area (Å²) in [5, 5.41) is 8.05. The summed E-state index contributed by atoms with van der Waals surface area (Å²) < 4.78 is 39.0. The highest BCUT2D eigenvalue weighted by Crippen LogP contribution is 2.31. The molecule has 4 nitrogen and oxygen atoms in total. The van der Waals surface area contributed by atoms with Gasteiger partial charge in [-0.15, -0.1) is 0 Å². The van der Waals surface area contributed by atoms with Gasteiger partial charge in [-0.1, -0.05) is 41.9 Å². The number of carbonyl (C=O) groups is 1. The fourth-order valence-electron chi connectivity index (χ4n) is 3.35. The zero-order chi connectivity index (χ0) is 22.7. The van der Waals surface area contributed by atoms with E-state index in [4.69, 9.17) is 11.6 Å². The van der Waals surface area contributed by atoms with Crippen molar-refractivity contribution in [1.29, 1.82) is 0 Å². The molecule has 162 valence electrons. The topological polar surface area (TPSA) is 54.0 Å². The molecule has 0 saturated carbocycles. The van der Waals surface area contributed by atoms with Crippen molar-refractivity contribution in [3.63, 3.8) is 0 Å². The van der Waals surface area contributed by atoms with E-state index in [0.717, 1.165) is 22.9 Å². The van der Waals surface area contributed by atoms with Crippen molar-refractivity contribution in [2.24, 2.45) is 0 Å². The van der Waals surface area contributed by atoms with Crippen LogP contribution in [0.2, 0.25) is 5.02 Å². The first-order chi connectivity index (χ1) is 15.3. The third kappa shape index (κ3) is 4.84. The number of pyridine rings is 1. The van der Waals surface area contributed by atoms with E-state index in [9.17, 15) is 18.0 Å². The van der Waals surface area contributed by atoms with E-state index in [2.05, 4.69) is 15.6 Å². The molecule has 4 rings (SSSR count). The van der Waals surface area contributed by atoms with Gasteiger partial charge in [-0.3, -0.25) is 9.78 Å². The van der Waals surface area contributed by atoms with Crippen LogP contribution in [0.25, 0.3) is 10.8 Å². The van der Waals surface area contributed by atoms with Crippen molar-refractivity contribution in [3.8, 4) is 0 Å². The Bertz CT molecular complexity index is 1250. The van der Waals surface area contributed by atoms with Gasteiger partial charge in [0.25, 0.3) is 5.91 Å². The number of alkyl halides is 3. The molecule has 1 amide bonds. The number of hydrogen-bond donors (Lipinski definition) is 2. The highest BCUT2D eigenvalue weighted by molar-refractivity contribution is 6.30. The molecule has 4 aromatic rings. The second-order valence-corrected chi connectivity index (χ2v) is 7.54.